The van der Waals surface area contributed by atoms with Crippen LogP contribution in [0.3, 0.4) is 0 Å². The average Bonchev–Trinajstić information content (AvgIpc) is 2.41. The molecule has 2 rings (SSSR count). The molecule has 0 atom stereocenters. The molecule has 120 valence electrons. The number of hydrogen-bond donors (Lipinski definition) is 2. The van der Waals surface area contributed by atoms with Gasteiger partial charge in [0.1, 0.15) is 0 Å². The monoisotopic (exact) mass is 298 g/mol. The van der Waals surface area contributed by atoms with Crippen LogP contribution in [0.4, 0.5) is 4.79 Å². The summed E-state index contributed by atoms with van der Waals surface area (Å²) < 4.78 is 5.52. The third-order valence-electron chi connectivity index (χ3n) is 4.45. The molecule has 1 heterocycles. The predicted octanol–water partition coefficient (Wildman–Crippen LogP) is 1.84. The molecule has 2 amide bonds. The van der Waals surface area contributed by atoms with Gasteiger partial charge in [0.15, 0.2) is 0 Å². The van der Waals surface area contributed by atoms with Crippen LogP contribution in [-0.4, -0.2) is 54.4 Å². The summed E-state index contributed by atoms with van der Waals surface area (Å²) >= 11 is 0. The molecule has 0 unspecified atom stereocenters. The van der Waals surface area contributed by atoms with E-state index in [-0.39, 0.29) is 25.2 Å². The molecule has 1 aliphatic carbocycles. The number of nitrogens with one attached hydrogen (secondary N) is 1. The van der Waals surface area contributed by atoms with Crippen molar-refractivity contribution in [3.8, 4) is 0 Å². The summed E-state index contributed by atoms with van der Waals surface area (Å²) in [5.74, 6) is -0.0167. The van der Waals surface area contributed by atoms with Gasteiger partial charge in [-0.15, -0.1) is 0 Å². The first-order chi connectivity index (χ1) is 10.1. The number of carbonyl (C=O) groups excluding carboxylic acids is 1. The average molecular weight is 298 g/mol. The molecule has 2 aliphatic rings. The van der Waals surface area contributed by atoms with Crippen LogP contribution in [0, 0.1) is 5.92 Å². The number of nitrogens with zero attached hydrogens (tertiary/aromatic N) is 1. The summed E-state index contributed by atoms with van der Waals surface area (Å²) in [5, 5.41) is 11.6. The van der Waals surface area contributed by atoms with Gasteiger partial charge in [-0.1, -0.05) is 19.3 Å². The molecule has 1 saturated heterocycles. The second-order valence-corrected chi connectivity index (χ2v) is 6.02. The minimum absolute atomic E-state index is 0.0262. The van der Waals surface area contributed by atoms with Gasteiger partial charge in [-0.25, -0.2) is 4.79 Å². The van der Waals surface area contributed by atoms with E-state index in [2.05, 4.69) is 5.32 Å². The zero-order valence-corrected chi connectivity index (χ0v) is 12.6. The van der Waals surface area contributed by atoms with E-state index in [0.717, 1.165) is 31.7 Å². The molecule has 6 heteroatoms. The highest BCUT2D eigenvalue weighted by atomic mass is 16.5. The van der Waals surface area contributed by atoms with Crippen LogP contribution in [0.2, 0.25) is 0 Å². The minimum atomic E-state index is -0.835. The molecule has 0 bridgehead atoms. The van der Waals surface area contributed by atoms with E-state index in [1.165, 1.54) is 19.3 Å². The number of amides is 2. The maximum absolute atomic E-state index is 12.0. The largest absolute Gasteiger partial charge is 0.481 e. The van der Waals surface area contributed by atoms with Gasteiger partial charge >= 0.3 is 12.0 Å². The second-order valence-electron chi connectivity index (χ2n) is 6.02. The smallest absolute Gasteiger partial charge is 0.317 e. The summed E-state index contributed by atoms with van der Waals surface area (Å²) in [6.07, 6.45) is 6.77. The number of ether oxygens (including phenoxy) is 1. The molecule has 2 N–H and O–H groups in total. The third-order valence-corrected chi connectivity index (χ3v) is 4.45. The van der Waals surface area contributed by atoms with Gasteiger partial charge in [0, 0.05) is 19.6 Å². The van der Waals surface area contributed by atoms with Gasteiger partial charge in [0.25, 0.3) is 0 Å². The van der Waals surface area contributed by atoms with Gasteiger partial charge in [0.2, 0.25) is 0 Å². The number of urea groups is 1. The lowest BCUT2D eigenvalue weighted by atomic mass is 9.83. The van der Waals surface area contributed by atoms with Crippen LogP contribution in [0.25, 0.3) is 0 Å². The van der Waals surface area contributed by atoms with Gasteiger partial charge in [0.05, 0.1) is 19.1 Å². The lowest BCUT2D eigenvalue weighted by molar-refractivity contribution is -0.138. The molecule has 21 heavy (non-hydrogen) atoms. The minimum Gasteiger partial charge on any atom is -0.481 e. The normalized spacial score (nSPS) is 20.1. The van der Waals surface area contributed by atoms with Crippen molar-refractivity contribution in [2.75, 3.05) is 26.2 Å². The van der Waals surface area contributed by atoms with Crippen LogP contribution < -0.4 is 5.32 Å². The highest BCUT2D eigenvalue weighted by Gasteiger charge is 2.23. The molecule has 1 saturated carbocycles. The first kappa shape index (κ1) is 16.1. The molecular formula is C15H26N2O4. The fourth-order valence-electron chi connectivity index (χ4n) is 2.81. The Balaban J connectivity index is 1.54. The van der Waals surface area contributed by atoms with E-state index in [1.54, 1.807) is 0 Å². The molecule has 0 radical (unpaired) electrons. The Morgan fingerprint density at radius 3 is 2.48 bits per heavy atom. The zero-order valence-electron chi connectivity index (χ0n) is 12.6. The predicted molar refractivity (Wildman–Crippen MR) is 78.2 cm³/mol. The fraction of sp³-hybridized carbons (Fsp3) is 0.867. The summed E-state index contributed by atoms with van der Waals surface area (Å²) in [7, 11) is 0. The van der Waals surface area contributed by atoms with Crippen molar-refractivity contribution >= 4 is 12.0 Å². The van der Waals surface area contributed by atoms with Crippen molar-refractivity contribution in [3.05, 3.63) is 0 Å². The van der Waals surface area contributed by atoms with Gasteiger partial charge < -0.3 is 20.1 Å². The van der Waals surface area contributed by atoms with Gasteiger partial charge in [-0.05, 0) is 25.2 Å². The van der Waals surface area contributed by atoms with E-state index in [0.29, 0.717) is 13.1 Å². The van der Waals surface area contributed by atoms with E-state index in [9.17, 15) is 9.59 Å². The third kappa shape index (κ3) is 5.53. The molecule has 6 nitrogen and oxygen atoms in total. The maximum atomic E-state index is 12.0. The highest BCUT2D eigenvalue weighted by molar-refractivity contribution is 5.74. The Labute approximate surface area is 125 Å². The zero-order chi connectivity index (χ0) is 15.1. The van der Waals surface area contributed by atoms with E-state index < -0.39 is 5.97 Å². The lowest BCUT2D eigenvalue weighted by Gasteiger charge is -2.32. The van der Waals surface area contributed by atoms with Gasteiger partial charge in [-0.3, -0.25) is 4.79 Å². The molecule has 0 aromatic heterocycles. The SMILES string of the molecule is O=C(O)CCOC1CCN(C(=O)NCCC2CCC2)CC1. The molecular weight excluding hydrogens is 272 g/mol. The molecule has 2 fully saturated rings. The van der Waals surface area contributed by atoms with Crippen molar-refractivity contribution in [1.82, 2.24) is 10.2 Å². The first-order valence-electron chi connectivity index (χ1n) is 8.01. The molecule has 0 aromatic carbocycles. The quantitative estimate of drug-likeness (QED) is 0.751. The van der Waals surface area contributed by atoms with Crippen molar-refractivity contribution in [2.45, 2.75) is 51.0 Å². The van der Waals surface area contributed by atoms with Crippen LogP contribution in [-0.2, 0) is 9.53 Å². The highest BCUT2D eigenvalue weighted by Crippen LogP contribution is 2.28. The molecule has 0 aromatic rings. The summed E-state index contributed by atoms with van der Waals surface area (Å²) in [4.78, 5) is 24.2. The lowest BCUT2D eigenvalue weighted by Crippen LogP contribution is -2.46. The number of carbonyl (C=O) groups is 2. The Morgan fingerprint density at radius 2 is 1.90 bits per heavy atom. The van der Waals surface area contributed by atoms with Crippen LogP contribution >= 0.6 is 0 Å². The number of rotatable bonds is 7. The fourth-order valence-corrected chi connectivity index (χ4v) is 2.81. The Bertz CT molecular complexity index is 350. The number of piperidine rings is 1. The van der Waals surface area contributed by atoms with Crippen LogP contribution in [0.15, 0.2) is 0 Å². The molecule has 1 aliphatic heterocycles. The second kappa shape index (κ2) is 8.22. The number of likely N-dealkylation sites (tertiary alicyclic amines) is 1. The Kier molecular flexibility index (Phi) is 6.29. The van der Waals surface area contributed by atoms with Crippen LogP contribution in [0.1, 0.15) is 44.9 Å². The van der Waals surface area contributed by atoms with Crippen molar-refractivity contribution in [2.24, 2.45) is 5.92 Å². The Morgan fingerprint density at radius 1 is 1.19 bits per heavy atom. The maximum Gasteiger partial charge on any atom is 0.317 e. The van der Waals surface area contributed by atoms with Crippen molar-refractivity contribution in [3.63, 3.8) is 0 Å². The van der Waals surface area contributed by atoms with E-state index >= 15 is 0 Å². The summed E-state index contributed by atoms with van der Waals surface area (Å²) in [5.41, 5.74) is 0. The summed E-state index contributed by atoms with van der Waals surface area (Å²) in [6, 6.07) is 0.0262. The number of carboxylic acid groups (broad SMARTS) is 1. The first-order valence-corrected chi connectivity index (χ1v) is 8.01. The summed E-state index contributed by atoms with van der Waals surface area (Å²) in [6.45, 7) is 2.41. The van der Waals surface area contributed by atoms with E-state index in [1.807, 2.05) is 4.90 Å². The van der Waals surface area contributed by atoms with Crippen molar-refractivity contribution < 1.29 is 19.4 Å². The topological polar surface area (TPSA) is 78.9 Å². The number of hydrogen-bond acceptors (Lipinski definition) is 3. The molecule has 0 spiro atoms. The van der Waals surface area contributed by atoms with Crippen molar-refractivity contribution in [1.29, 1.82) is 0 Å². The standard InChI is InChI=1S/C15H26N2O4/c18-14(19)7-11-21-13-5-9-17(10-6-13)15(20)16-8-4-12-2-1-3-12/h12-13H,1-11H2,(H,16,20)(H,18,19). The number of carboxylic acids is 1. The van der Waals surface area contributed by atoms with Crippen LogP contribution in [0.5, 0.6) is 0 Å². The van der Waals surface area contributed by atoms with E-state index in [4.69, 9.17) is 9.84 Å². The Hall–Kier alpha value is -1.30. The number of aliphatic carboxylic acids is 1. The van der Waals surface area contributed by atoms with Gasteiger partial charge in [-0.2, -0.15) is 0 Å².